The summed E-state index contributed by atoms with van der Waals surface area (Å²) in [6.45, 7) is 5.04. The smallest absolute Gasteiger partial charge is 0.253 e. The number of pyridine rings is 1. The molecule has 0 aliphatic carbocycles. The van der Waals surface area contributed by atoms with Gasteiger partial charge in [-0.25, -0.2) is 0 Å². The number of piperidine rings is 1. The van der Waals surface area contributed by atoms with Crippen LogP contribution in [0.5, 0.6) is 0 Å². The molecule has 1 aromatic heterocycles. The molecule has 0 spiro atoms. The van der Waals surface area contributed by atoms with Crippen LogP contribution in [0.25, 0.3) is 11.3 Å². The number of aromatic nitrogens is 1. The molecule has 2 N–H and O–H groups in total. The first-order chi connectivity index (χ1) is 11.1. The molecule has 1 aliphatic heterocycles. The number of carbonyl (C=O) groups is 1. The maximum Gasteiger partial charge on any atom is 0.253 e. The number of hydrogen-bond acceptors (Lipinski definition) is 3. The molecule has 1 amide bonds. The standard InChI is InChI=1S/C19H23N3O/c1-13-16(19(23)22-17-9-6-12-20-14(17)2)10-11-18(21-13)15-7-4-3-5-8-15/h3-5,7-8,10-11,14,17,20H,6,9,12H2,1-2H3,(H,22,23). The second-order valence-corrected chi connectivity index (χ2v) is 6.16. The van der Waals surface area contributed by atoms with E-state index in [0.717, 1.165) is 36.3 Å². The molecule has 2 unspecified atom stereocenters. The first-order valence-corrected chi connectivity index (χ1v) is 8.22. The fraction of sp³-hybridized carbons (Fsp3) is 0.368. The second kappa shape index (κ2) is 6.92. The fourth-order valence-corrected chi connectivity index (χ4v) is 3.06. The number of rotatable bonds is 3. The van der Waals surface area contributed by atoms with Gasteiger partial charge in [0.25, 0.3) is 5.91 Å². The van der Waals surface area contributed by atoms with Gasteiger partial charge in [-0.05, 0) is 45.4 Å². The fourth-order valence-electron chi connectivity index (χ4n) is 3.06. The zero-order chi connectivity index (χ0) is 16.2. The summed E-state index contributed by atoms with van der Waals surface area (Å²) in [5.41, 5.74) is 3.38. The summed E-state index contributed by atoms with van der Waals surface area (Å²) in [5.74, 6) is -0.0323. The molecule has 4 nitrogen and oxygen atoms in total. The summed E-state index contributed by atoms with van der Waals surface area (Å²) in [7, 11) is 0. The number of nitrogens with zero attached hydrogens (tertiary/aromatic N) is 1. The molecule has 0 radical (unpaired) electrons. The predicted octanol–water partition coefficient (Wildman–Crippen LogP) is 2.93. The van der Waals surface area contributed by atoms with E-state index in [0.29, 0.717) is 11.6 Å². The molecule has 3 rings (SSSR count). The first-order valence-electron chi connectivity index (χ1n) is 8.22. The Bertz CT molecular complexity index is 684. The van der Waals surface area contributed by atoms with Crippen molar-refractivity contribution in [3.8, 4) is 11.3 Å². The summed E-state index contributed by atoms with van der Waals surface area (Å²) in [4.78, 5) is 17.1. The maximum absolute atomic E-state index is 12.5. The van der Waals surface area contributed by atoms with Crippen LogP contribution in [0.15, 0.2) is 42.5 Å². The molecular weight excluding hydrogens is 286 g/mol. The third-order valence-electron chi connectivity index (χ3n) is 4.48. The van der Waals surface area contributed by atoms with Crippen molar-refractivity contribution >= 4 is 5.91 Å². The number of aryl methyl sites for hydroxylation is 1. The molecule has 2 atom stereocenters. The van der Waals surface area contributed by atoms with Gasteiger partial charge in [-0.15, -0.1) is 0 Å². The van der Waals surface area contributed by atoms with Crippen LogP contribution in [0.3, 0.4) is 0 Å². The minimum absolute atomic E-state index is 0.0323. The van der Waals surface area contributed by atoms with Crippen LogP contribution in [0.4, 0.5) is 0 Å². The van der Waals surface area contributed by atoms with Crippen molar-refractivity contribution in [1.82, 2.24) is 15.6 Å². The van der Waals surface area contributed by atoms with Crippen LogP contribution in [-0.2, 0) is 0 Å². The van der Waals surface area contributed by atoms with Crippen LogP contribution >= 0.6 is 0 Å². The Morgan fingerprint density at radius 1 is 1.22 bits per heavy atom. The highest BCUT2D eigenvalue weighted by atomic mass is 16.1. The molecule has 23 heavy (non-hydrogen) atoms. The molecule has 4 heteroatoms. The topological polar surface area (TPSA) is 54.0 Å². The number of nitrogens with one attached hydrogen (secondary N) is 2. The van der Waals surface area contributed by atoms with E-state index in [9.17, 15) is 4.79 Å². The van der Waals surface area contributed by atoms with E-state index in [1.807, 2.05) is 49.4 Å². The van der Waals surface area contributed by atoms with E-state index in [4.69, 9.17) is 0 Å². The van der Waals surface area contributed by atoms with Gasteiger partial charge in [0.2, 0.25) is 0 Å². The third-order valence-corrected chi connectivity index (χ3v) is 4.48. The largest absolute Gasteiger partial charge is 0.348 e. The van der Waals surface area contributed by atoms with Crippen molar-refractivity contribution < 1.29 is 4.79 Å². The number of benzene rings is 1. The van der Waals surface area contributed by atoms with Crippen molar-refractivity contribution in [3.63, 3.8) is 0 Å². The Labute approximate surface area is 137 Å². The lowest BCUT2D eigenvalue weighted by Crippen LogP contribution is -2.52. The normalized spacial score (nSPS) is 21.0. The Balaban J connectivity index is 1.76. The SMILES string of the molecule is Cc1nc(-c2ccccc2)ccc1C(=O)NC1CCCNC1C. The van der Waals surface area contributed by atoms with Gasteiger partial charge in [0.1, 0.15) is 0 Å². The van der Waals surface area contributed by atoms with Gasteiger partial charge in [0.15, 0.2) is 0 Å². The zero-order valence-corrected chi connectivity index (χ0v) is 13.7. The summed E-state index contributed by atoms with van der Waals surface area (Å²) in [6.07, 6.45) is 2.12. The van der Waals surface area contributed by atoms with E-state index in [2.05, 4.69) is 22.5 Å². The summed E-state index contributed by atoms with van der Waals surface area (Å²) in [5, 5.41) is 6.55. The molecule has 1 aromatic carbocycles. The average Bonchev–Trinajstić information content (AvgIpc) is 2.57. The summed E-state index contributed by atoms with van der Waals surface area (Å²) in [6, 6.07) is 14.3. The van der Waals surface area contributed by atoms with Crippen molar-refractivity contribution in [2.45, 2.75) is 38.8 Å². The molecular formula is C19H23N3O. The van der Waals surface area contributed by atoms with Crippen molar-refractivity contribution in [2.24, 2.45) is 0 Å². The van der Waals surface area contributed by atoms with Crippen molar-refractivity contribution in [3.05, 3.63) is 53.7 Å². The Kier molecular flexibility index (Phi) is 4.72. The number of carbonyl (C=O) groups excluding carboxylic acids is 1. The Hall–Kier alpha value is -2.20. The van der Waals surface area contributed by atoms with Gasteiger partial charge in [-0.3, -0.25) is 9.78 Å². The van der Waals surface area contributed by atoms with Crippen LogP contribution < -0.4 is 10.6 Å². The molecule has 2 heterocycles. The van der Waals surface area contributed by atoms with Crippen molar-refractivity contribution in [2.75, 3.05) is 6.54 Å². The minimum atomic E-state index is -0.0323. The number of amides is 1. The first kappa shape index (κ1) is 15.7. The van der Waals surface area contributed by atoms with Gasteiger partial charge in [0.05, 0.1) is 17.0 Å². The Morgan fingerprint density at radius 2 is 2.00 bits per heavy atom. The lowest BCUT2D eigenvalue weighted by molar-refractivity contribution is 0.0919. The van der Waals surface area contributed by atoms with E-state index < -0.39 is 0 Å². The zero-order valence-electron chi connectivity index (χ0n) is 13.7. The minimum Gasteiger partial charge on any atom is -0.348 e. The molecule has 0 saturated carbocycles. The van der Waals surface area contributed by atoms with E-state index in [1.54, 1.807) is 0 Å². The molecule has 120 valence electrons. The molecule has 1 saturated heterocycles. The van der Waals surface area contributed by atoms with Gasteiger partial charge >= 0.3 is 0 Å². The van der Waals surface area contributed by atoms with Crippen molar-refractivity contribution in [1.29, 1.82) is 0 Å². The monoisotopic (exact) mass is 309 g/mol. The summed E-state index contributed by atoms with van der Waals surface area (Å²) < 4.78 is 0. The molecule has 1 fully saturated rings. The highest BCUT2D eigenvalue weighted by molar-refractivity contribution is 5.95. The van der Waals surface area contributed by atoms with Gasteiger partial charge < -0.3 is 10.6 Å². The van der Waals surface area contributed by atoms with Crippen LogP contribution in [0, 0.1) is 6.92 Å². The van der Waals surface area contributed by atoms with Gasteiger partial charge in [-0.1, -0.05) is 30.3 Å². The highest BCUT2D eigenvalue weighted by Gasteiger charge is 2.23. The van der Waals surface area contributed by atoms with Gasteiger partial charge in [0, 0.05) is 17.6 Å². The average molecular weight is 309 g/mol. The molecule has 0 bridgehead atoms. The Morgan fingerprint density at radius 3 is 2.70 bits per heavy atom. The predicted molar refractivity (Wildman–Crippen MR) is 92.4 cm³/mol. The van der Waals surface area contributed by atoms with Crippen LogP contribution in [0.1, 0.15) is 35.8 Å². The maximum atomic E-state index is 12.5. The second-order valence-electron chi connectivity index (χ2n) is 6.16. The lowest BCUT2D eigenvalue weighted by Gasteiger charge is -2.30. The molecule has 2 aromatic rings. The number of hydrogen-bond donors (Lipinski definition) is 2. The summed E-state index contributed by atoms with van der Waals surface area (Å²) >= 11 is 0. The van der Waals surface area contributed by atoms with E-state index in [1.165, 1.54) is 0 Å². The van der Waals surface area contributed by atoms with E-state index >= 15 is 0 Å². The third kappa shape index (κ3) is 3.59. The van der Waals surface area contributed by atoms with E-state index in [-0.39, 0.29) is 11.9 Å². The quantitative estimate of drug-likeness (QED) is 0.916. The van der Waals surface area contributed by atoms with Crippen LogP contribution in [0.2, 0.25) is 0 Å². The molecule has 1 aliphatic rings. The van der Waals surface area contributed by atoms with Gasteiger partial charge in [-0.2, -0.15) is 0 Å². The van der Waals surface area contributed by atoms with Crippen LogP contribution in [-0.4, -0.2) is 29.5 Å². The lowest BCUT2D eigenvalue weighted by atomic mass is 9.99. The highest BCUT2D eigenvalue weighted by Crippen LogP contribution is 2.19.